The number of carbonyl (C=O) groups is 1. The summed E-state index contributed by atoms with van der Waals surface area (Å²) in [4.78, 5) is 10.7. The van der Waals surface area contributed by atoms with Gasteiger partial charge in [0.15, 0.2) is 0 Å². The Hall–Kier alpha value is -1.58. The van der Waals surface area contributed by atoms with E-state index >= 15 is 0 Å². The van der Waals surface area contributed by atoms with Gasteiger partial charge in [0, 0.05) is 11.5 Å². The average molecular weight is 210 g/mol. The summed E-state index contributed by atoms with van der Waals surface area (Å²) in [6.45, 7) is 0. The molecular weight excluding hydrogens is 199 g/mol. The van der Waals surface area contributed by atoms with E-state index in [4.69, 9.17) is 9.84 Å². The minimum atomic E-state index is -0.827. The highest BCUT2D eigenvalue weighted by molar-refractivity contribution is 5.75. The predicted octanol–water partition coefficient (Wildman–Crippen LogP) is 2.02. The number of carboxylic acids is 1. The van der Waals surface area contributed by atoms with Crippen LogP contribution < -0.4 is 4.74 Å². The van der Waals surface area contributed by atoms with E-state index in [0.29, 0.717) is 17.7 Å². The van der Waals surface area contributed by atoms with E-state index in [1.165, 1.54) is 25.3 Å². The smallest absolute Gasteiger partial charge is 0.307 e. The van der Waals surface area contributed by atoms with Crippen LogP contribution in [0.2, 0.25) is 0 Å². The first kappa shape index (κ1) is 9.96. The molecule has 2 rings (SSSR count). The van der Waals surface area contributed by atoms with Crippen LogP contribution in [0.1, 0.15) is 17.9 Å². The van der Waals surface area contributed by atoms with E-state index in [9.17, 15) is 9.18 Å². The summed E-state index contributed by atoms with van der Waals surface area (Å²) < 4.78 is 18.1. The molecule has 3 nitrogen and oxygen atoms in total. The lowest BCUT2D eigenvalue weighted by Gasteiger charge is -2.07. The highest BCUT2D eigenvalue weighted by Crippen LogP contribution is 2.50. The monoisotopic (exact) mass is 210 g/mol. The molecular formula is C11H11FO3. The molecule has 1 fully saturated rings. The summed E-state index contributed by atoms with van der Waals surface area (Å²) in [6.07, 6.45) is 0.565. The van der Waals surface area contributed by atoms with Crippen LogP contribution in [0.4, 0.5) is 4.39 Å². The molecule has 1 aliphatic rings. The summed E-state index contributed by atoms with van der Waals surface area (Å²) in [5.74, 6) is -1.12. The summed E-state index contributed by atoms with van der Waals surface area (Å²) >= 11 is 0. The number of aliphatic carboxylic acids is 1. The Morgan fingerprint density at radius 1 is 1.60 bits per heavy atom. The fraction of sp³-hybridized carbons (Fsp3) is 0.364. The van der Waals surface area contributed by atoms with Gasteiger partial charge < -0.3 is 9.84 Å². The number of carboxylic acid groups (broad SMARTS) is 1. The number of methoxy groups -OCH3 is 1. The van der Waals surface area contributed by atoms with Gasteiger partial charge in [0.25, 0.3) is 0 Å². The van der Waals surface area contributed by atoms with Gasteiger partial charge in [-0.25, -0.2) is 4.39 Å². The third-order valence-corrected chi connectivity index (χ3v) is 2.70. The first-order valence-corrected chi connectivity index (χ1v) is 4.69. The van der Waals surface area contributed by atoms with Crippen LogP contribution in [-0.4, -0.2) is 18.2 Å². The van der Waals surface area contributed by atoms with Crippen LogP contribution in [0.3, 0.4) is 0 Å². The molecule has 4 heteroatoms. The Morgan fingerprint density at radius 3 is 2.87 bits per heavy atom. The van der Waals surface area contributed by atoms with Gasteiger partial charge >= 0.3 is 5.97 Å². The zero-order chi connectivity index (χ0) is 11.0. The second kappa shape index (κ2) is 3.53. The fourth-order valence-electron chi connectivity index (χ4n) is 1.81. The van der Waals surface area contributed by atoms with Crippen LogP contribution in [0.15, 0.2) is 18.2 Å². The van der Waals surface area contributed by atoms with Crippen molar-refractivity contribution in [3.8, 4) is 5.75 Å². The SMILES string of the molecule is COc1ccc(F)cc1[C@@H]1C[C@H]1C(=O)O. The summed E-state index contributed by atoms with van der Waals surface area (Å²) in [5.41, 5.74) is 0.657. The fourth-order valence-corrected chi connectivity index (χ4v) is 1.81. The Kier molecular flexibility index (Phi) is 2.34. The molecule has 0 aliphatic heterocycles. The lowest BCUT2D eigenvalue weighted by Crippen LogP contribution is -2.00. The summed E-state index contributed by atoms with van der Waals surface area (Å²) in [7, 11) is 1.49. The number of halogens is 1. The molecule has 0 saturated heterocycles. The topological polar surface area (TPSA) is 46.5 Å². The molecule has 0 unspecified atom stereocenters. The third kappa shape index (κ3) is 1.79. The second-order valence-electron chi connectivity index (χ2n) is 3.67. The van der Waals surface area contributed by atoms with Crippen molar-refractivity contribution >= 4 is 5.97 Å². The van der Waals surface area contributed by atoms with E-state index in [2.05, 4.69) is 0 Å². The largest absolute Gasteiger partial charge is 0.496 e. The molecule has 0 heterocycles. The molecule has 0 amide bonds. The van der Waals surface area contributed by atoms with E-state index in [-0.39, 0.29) is 17.7 Å². The van der Waals surface area contributed by atoms with Crippen molar-refractivity contribution in [1.82, 2.24) is 0 Å². The number of hydrogen-bond acceptors (Lipinski definition) is 2. The molecule has 15 heavy (non-hydrogen) atoms. The molecule has 0 radical (unpaired) electrons. The quantitative estimate of drug-likeness (QED) is 0.830. The zero-order valence-electron chi connectivity index (χ0n) is 8.24. The van der Waals surface area contributed by atoms with Crippen molar-refractivity contribution in [3.05, 3.63) is 29.6 Å². The molecule has 0 bridgehead atoms. The third-order valence-electron chi connectivity index (χ3n) is 2.70. The molecule has 1 aromatic carbocycles. The Balaban J connectivity index is 2.28. The molecule has 1 N–H and O–H groups in total. The van der Waals surface area contributed by atoms with Crippen LogP contribution in [0.5, 0.6) is 5.75 Å². The number of benzene rings is 1. The first-order valence-electron chi connectivity index (χ1n) is 4.69. The van der Waals surface area contributed by atoms with Crippen molar-refractivity contribution in [2.45, 2.75) is 12.3 Å². The summed E-state index contributed by atoms with van der Waals surface area (Å²) in [5, 5.41) is 8.78. The highest BCUT2D eigenvalue weighted by atomic mass is 19.1. The maximum absolute atomic E-state index is 13.0. The van der Waals surface area contributed by atoms with Gasteiger partial charge in [-0.2, -0.15) is 0 Å². The van der Waals surface area contributed by atoms with E-state index < -0.39 is 5.97 Å². The van der Waals surface area contributed by atoms with Crippen molar-refractivity contribution < 1.29 is 19.0 Å². The lowest BCUT2D eigenvalue weighted by molar-refractivity contribution is -0.138. The maximum atomic E-state index is 13.0. The van der Waals surface area contributed by atoms with Gasteiger partial charge in [0.2, 0.25) is 0 Å². The van der Waals surface area contributed by atoms with Gasteiger partial charge in [-0.3, -0.25) is 4.79 Å². The number of ether oxygens (including phenoxy) is 1. The van der Waals surface area contributed by atoms with Crippen LogP contribution in [0.25, 0.3) is 0 Å². The number of rotatable bonds is 3. The number of hydrogen-bond donors (Lipinski definition) is 1. The van der Waals surface area contributed by atoms with Crippen LogP contribution in [-0.2, 0) is 4.79 Å². The van der Waals surface area contributed by atoms with E-state index in [1.807, 2.05) is 0 Å². The van der Waals surface area contributed by atoms with Gasteiger partial charge in [-0.1, -0.05) is 0 Å². The predicted molar refractivity (Wildman–Crippen MR) is 51.4 cm³/mol. The van der Waals surface area contributed by atoms with E-state index in [0.717, 1.165) is 0 Å². The van der Waals surface area contributed by atoms with Crippen molar-refractivity contribution in [2.24, 2.45) is 5.92 Å². The summed E-state index contributed by atoms with van der Waals surface area (Å²) in [6, 6.07) is 4.19. The van der Waals surface area contributed by atoms with Crippen LogP contribution >= 0.6 is 0 Å². The van der Waals surface area contributed by atoms with E-state index in [1.54, 1.807) is 0 Å². The Morgan fingerprint density at radius 2 is 2.33 bits per heavy atom. The normalized spacial score (nSPS) is 23.6. The van der Waals surface area contributed by atoms with Gasteiger partial charge in [-0.15, -0.1) is 0 Å². The first-order chi connectivity index (χ1) is 7.13. The van der Waals surface area contributed by atoms with Gasteiger partial charge in [0.05, 0.1) is 13.0 Å². The standard InChI is InChI=1S/C11H11FO3/c1-15-10-3-2-6(12)4-8(10)7-5-9(7)11(13)14/h2-4,7,9H,5H2,1H3,(H,13,14)/t7-,9+/m0/s1. The second-order valence-corrected chi connectivity index (χ2v) is 3.67. The molecule has 0 aromatic heterocycles. The molecule has 1 saturated carbocycles. The molecule has 0 spiro atoms. The molecule has 1 aliphatic carbocycles. The zero-order valence-corrected chi connectivity index (χ0v) is 8.24. The highest BCUT2D eigenvalue weighted by Gasteiger charge is 2.45. The van der Waals surface area contributed by atoms with Crippen molar-refractivity contribution in [2.75, 3.05) is 7.11 Å². The Labute approximate surface area is 86.5 Å². The lowest BCUT2D eigenvalue weighted by atomic mass is 10.1. The molecule has 1 aromatic rings. The average Bonchev–Trinajstić information content (AvgIpc) is 2.97. The minimum absolute atomic E-state index is 0.104. The molecule has 80 valence electrons. The van der Waals surface area contributed by atoms with Gasteiger partial charge in [-0.05, 0) is 24.6 Å². The van der Waals surface area contributed by atoms with Crippen molar-refractivity contribution in [1.29, 1.82) is 0 Å². The van der Waals surface area contributed by atoms with Crippen LogP contribution in [0, 0.1) is 11.7 Å². The van der Waals surface area contributed by atoms with Crippen molar-refractivity contribution in [3.63, 3.8) is 0 Å². The minimum Gasteiger partial charge on any atom is -0.496 e. The van der Waals surface area contributed by atoms with Gasteiger partial charge in [0.1, 0.15) is 11.6 Å². The maximum Gasteiger partial charge on any atom is 0.307 e. The Bertz CT molecular complexity index is 403. The molecule has 2 atom stereocenters.